The lowest BCUT2D eigenvalue weighted by atomic mass is 10.0. The summed E-state index contributed by atoms with van der Waals surface area (Å²) in [4.78, 5) is 2.55. The van der Waals surface area contributed by atoms with Crippen LogP contribution in [0.15, 0.2) is 0 Å². The maximum absolute atomic E-state index is 4.53. The molecule has 0 aromatic heterocycles. The van der Waals surface area contributed by atoms with E-state index in [2.05, 4.69) is 24.6 Å². The van der Waals surface area contributed by atoms with Gasteiger partial charge < -0.3 is 4.90 Å². The van der Waals surface area contributed by atoms with Gasteiger partial charge >= 0.3 is 0 Å². The summed E-state index contributed by atoms with van der Waals surface area (Å²) in [5, 5.41) is 0.689. The summed E-state index contributed by atoms with van der Waals surface area (Å²) in [6, 6.07) is 1.72. The predicted molar refractivity (Wildman–Crippen MR) is 46.6 cm³/mol. The number of thiol groups is 1. The van der Waals surface area contributed by atoms with E-state index < -0.39 is 0 Å². The van der Waals surface area contributed by atoms with Crippen molar-refractivity contribution >= 4 is 12.6 Å². The van der Waals surface area contributed by atoms with Crippen molar-refractivity contribution < 1.29 is 0 Å². The van der Waals surface area contributed by atoms with Crippen molar-refractivity contribution in [3.63, 3.8) is 0 Å². The van der Waals surface area contributed by atoms with Crippen molar-refractivity contribution in [2.24, 2.45) is 0 Å². The Balaban J connectivity index is 2.09. The van der Waals surface area contributed by atoms with Crippen molar-refractivity contribution in [3.05, 3.63) is 0 Å². The molecule has 0 saturated carbocycles. The standard InChI is InChI=1S/C8H15NS/c1-9-6-2-3-7(9)5-8(10)4-6/h6-8,10H,2-5H2,1H3/t6-,7?,8?/m0/s1. The van der Waals surface area contributed by atoms with Gasteiger partial charge in [-0.3, -0.25) is 0 Å². The first-order valence-electron chi connectivity index (χ1n) is 4.17. The molecule has 10 heavy (non-hydrogen) atoms. The second-order valence-electron chi connectivity index (χ2n) is 3.68. The first-order valence-corrected chi connectivity index (χ1v) is 4.69. The second-order valence-corrected chi connectivity index (χ2v) is 4.41. The summed E-state index contributed by atoms with van der Waals surface area (Å²) in [7, 11) is 2.27. The summed E-state index contributed by atoms with van der Waals surface area (Å²) in [5.41, 5.74) is 0. The highest BCUT2D eigenvalue weighted by molar-refractivity contribution is 7.80. The maximum atomic E-state index is 4.53. The molecule has 0 aromatic rings. The Hall–Kier alpha value is 0.310. The zero-order valence-electron chi connectivity index (χ0n) is 6.45. The number of hydrogen-bond acceptors (Lipinski definition) is 2. The summed E-state index contributed by atoms with van der Waals surface area (Å²) in [5.74, 6) is 0. The number of hydrogen-bond donors (Lipinski definition) is 1. The van der Waals surface area contributed by atoms with Crippen molar-refractivity contribution in [1.82, 2.24) is 4.90 Å². The van der Waals surface area contributed by atoms with E-state index in [9.17, 15) is 0 Å². The lowest BCUT2D eigenvalue weighted by Crippen LogP contribution is -2.40. The number of piperidine rings is 1. The van der Waals surface area contributed by atoms with Crippen molar-refractivity contribution in [2.75, 3.05) is 7.05 Å². The molecule has 0 N–H and O–H groups in total. The molecule has 2 aliphatic rings. The van der Waals surface area contributed by atoms with Crippen molar-refractivity contribution in [1.29, 1.82) is 0 Å². The van der Waals surface area contributed by atoms with E-state index in [4.69, 9.17) is 0 Å². The van der Waals surface area contributed by atoms with Crippen LogP contribution >= 0.6 is 12.6 Å². The van der Waals surface area contributed by atoms with E-state index in [1.807, 2.05) is 0 Å². The zero-order valence-corrected chi connectivity index (χ0v) is 7.35. The van der Waals surface area contributed by atoms with E-state index >= 15 is 0 Å². The molecular formula is C8H15NS. The molecule has 0 aromatic carbocycles. The van der Waals surface area contributed by atoms with Gasteiger partial charge in [0.15, 0.2) is 0 Å². The highest BCUT2D eigenvalue weighted by atomic mass is 32.1. The Morgan fingerprint density at radius 3 is 2.20 bits per heavy atom. The smallest absolute Gasteiger partial charge is 0.0106 e. The first-order chi connectivity index (χ1) is 4.77. The van der Waals surface area contributed by atoms with Gasteiger partial charge in [-0.1, -0.05) is 0 Å². The van der Waals surface area contributed by atoms with E-state index in [0.29, 0.717) is 5.25 Å². The van der Waals surface area contributed by atoms with Crippen LogP contribution in [0.3, 0.4) is 0 Å². The van der Waals surface area contributed by atoms with Gasteiger partial charge in [-0.15, -0.1) is 0 Å². The Labute approximate surface area is 68.2 Å². The van der Waals surface area contributed by atoms with E-state index in [1.165, 1.54) is 25.7 Å². The molecule has 2 heterocycles. The molecule has 1 nitrogen and oxygen atoms in total. The van der Waals surface area contributed by atoms with Gasteiger partial charge in [0.05, 0.1) is 0 Å². The summed E-state index contributed by atoms with van der Waals surface area (Å²) in [6.45, 7) is 0. The van der Waals surface area contributed by atoms with E-state index in [1.54, 1.807) is 0 Å². The highest BCUT2D eigenvalue weighted by Gasteiger charge is 2.36. The van der Waals surface area contributed by atoms with Crippen LogP contribution in [-0.2, 0) is 0 Å². The van der Waals surface area contributed by atoms with Crippen LogP contribution in [0.5, 0.6) is 0 Å². The minimum atomic E-state index is 0.689. The van der Waals surface area contributed by atoms with Gasteiger partial charge in [-0.05, 0) is 32.7 Å². The van der Waals surface area contributed by atoms with Gasteiger partial charge in [0.2, 0.25) is 0 Å². The van der Waals surface area contributed by atoms with Crippen LogP contribution in [0.4, 0.5) is 0 Å². The number of rotatable bonds is 0. The third-order valence-electron chi connectivity index (χ3n) is 3.07. The van der Waals surface area contributed by atoms with Crippen LogP contribution in [0, 0.1) is 0 Å². The van der Waals surface area contributed by atoms with Crippen LogP contribution in [-0.4, -0.2) is 29.3 Å². The van der Waals surface area contributed by atoms with Crippen molar-refractivity contribution in [2.45, 2.75) is 43.0 Å². The Kier molecular flexibility index (Phi) is 1.69. The zero-order chi connectivity index (χ0) is 7.14. The molecule has 2 aliphatic heterocycles. The fraction of sp³-hybridized carbons (Fsp3) is 1.00. The topological polar surface area (TPSA) is 3.24 Å². The van der Waals surface area contributed by atoms with Gasteiger partial charge in [0.25, 0.3) is 0 Å². The molecule has 0 radical (unpaired) electrons. The van der Waals surface area contributed by atoms with Gasteiger partial charge in [0.1, 0.15) is 0 Å². The number of nitrogens with zero attached hydrogens (tertiary/aromatic N) is 1. The molecule has 2 unspecified atom stereocenters. The Morgan fingerprint density at radius 1 is 1.20 bits per heavy atom. The van der Waals surface area contributed by atoms with Gasteiger partial charge in [0, 0.05) is 17.3 Å². The van der Waals surface area contributed by atoms with Crippen LogP contribution in [0.1, 0.15) is 25.7 Å². The highest BCUT2D eigenvalue weighted by Crippen LogP contribution is 2.35. The molecular weight excluding hydrogens is 142 g/mol. The molecule has 0 spiro atoms. The lowest BCUT2D eigenvalue weighted by Gasteiger charge is -2.34. The average Bonchev–Trinajstić information content (AvgIpc) is 2.20. The molecule has 0 amide bonds. The molecule has 0 aliphatic carbocycles. The maximum Gasteiger partial charge on any atom is 0.0106 e. The normalized spacial score (nSPS) is 48.0. The Bertz CT molecular complexity index is 123. The summed E-state index contributed by atoms with van der Waals surface area (Å²) in [6.07, 6.45) is 5.46. The molecule has 3 atom stereocenters. The Morgan fingerprint density at radius 2 is 1.70 bits per heavy atom. The third-order valence-corrected chi connectivity index (χ3v) is 3.49. The molecule has 2 bridgehead atoms. The van der Waals surface area contributed by atoms with Gasteiger partial charge in [-0.25, -0.2) is 0 Å². The fourth-order valence-electron chi connectivity index (χ4n) is 2.38. The van der Waals surface area contributed by atoms with E-state index in [-0.39, 0.29) is 0 Å². The molecule has 58 valence electrons. The van der Waals surface area contributed by atoms with Crippen LogP contribution < -0.4 is 0 Å². The number of fused-ring (bicyclic) bond motifs is 2. The summed E-state index contributed by atoms with van der Waals surface area (Å²) < 4.78 is 0. The predicted octanol–water partition coefficient (Wildman–Crippen LogP) is 1.54. The second kappa shape index (κ2) is 2.42. The van der Waals surface area contributed by atoms with Gasteiger partial charge in [-0.2, -0.15) is 12.6 Å². The van der Waals surface area contributed by atoms with E-state index in [0.717, 1.165) is 12.1 Å². The quantitative estimate of drug-likeness (QED) is 0.522. The fourth-order valence-corrected chi connectivity index (χ4v) is 2.87. The van der Waals surface area contributed by atoms with Crippen LogP contribution in [0.2, 0.25) is 0 Å². The van der Waals surface area contributed by atoms with Crippen LogP contribution in [0.25, 0.3) is 0 Å². The monoisotopic (exact) mass is 157 g/mol. The minimum absolute atomic E-state index is 0.689. The first kappa shape index (κ1) is 6.99. The average molecular weight is 157 g/mol. The minimum Gasteiger partial charge on any atom is -0.300 e. The summed E-state index contributed by atoms with van der Waals surface area (Å²) >= 11 is 4.53. The SMILES string of the molecule is CN1C2CC[C@H]1CC(S)C2. The molecule has 2 rings (SSSR count). The third kappa shape index (κ3) is 0.978. The molecule has 2 heteroatoms. The molecule has 2 fully saturated rings. The van der Waals surface area contributed by atoms with Crippen molar-refractivity contribution in [3.8, 4) is 0 Å². The lowest BCUT2D eigenvalue weighted by molar-refractivity contribution is 0.183. The molecule has 2 saturated heterocycles. The largest absolute Gasteiger partial charge is 0.300 e.